The smallest absolute Gasteiger partial charge is 0.179 e. The molecule has 0 aromatic heterocycles. The first-order chi connectivity index (χ1) is 8.30. The van der Waals surface area contributed by atoms with Crippen LogP contribution in [0.5, 0.6) is 0 Å². The number of benzene rings is 1. The van der Waals surface area contributed by atoms with Gasteiger partial charge >= 0.3 is 0 Å². The summed E-state index contributed by atoms with van der Waals surface area (Å²) in [6, 6.07) is 4.73. The van der Waals surface area contributed by atoms with Crippen LogP contribution in [0.25, 0.3) is 4.91 Å². The fraction of sp³-hybridized carbons (Fsp3) is 0.273. The van der Waals surface area contributed by atoms with E-state index < -0.39 is 25.5 Å². The van der Waals surface area contributed by atoms with Crippen LogP contribution in [0.3, 0.4) is 0 Å². The van der Waals surface area contributed by atoms with Crippen molar-refractivity contribution in [3.05, 3.63) is 41.1 Å². The average Bonchev–Trinajstić information content (AvgIpc) is 2.36. The second kappa shape index (κ2) is 4.47. The number of sulfone groups is 2. The number of hydrogen-bond acceptors (Lipinski definition) is 4. The van der Waals surface area contributed by atoms with Gasteiger partial charge in [-0.15, -0.1) is 0 Å². The molecular weight excluding hydrogens is 279 g/mol. The van der Waals surface area contributed by atoms with Crippen molar-refractivity contribution >= 4 is 24.6 Å². The Kier molecular flexibility index (Phi) is 3.29. The summed E-state index contributed by atoms with van der Waals surface area (Å²) in [5.74, 6) is -0.903. The number of hydrogen-bond donors (Lipinski definition) is 0. The topological polar surface area (TPSA) is 68.3 Å². The Morgan fingerprint density at radius 2 is 1.56 bits per heavy atom. The van der Waals surface area contributed by atoms with Gasteiger partial charge in [0.2, 0.25) is 0 Å². The fourth-order valence-electron chi connectivity index (χ4n) is 1.72. The SMILES string of the molecule is O=S1(=O)C=C(c2ccc(F)cc2)S(=O)(=O)CCC1. The Bertz CT molecular complexity index is 685. The van der Waals surface area contributed by atoms with E-state index in [0.717, 1.165) is 17.5 Å². The second-order valence-electron chi connectivity index (χ2n) is 4.03. The molecule has 0 spiro atoms. The minimum absolute atomic E-state index is 0.0753. The first kappa shape index (κ1) is 13.2. The Balaban J connectivity index is 2.63. The van der Waals surface area contributed by atoms with E-state index in [2.05, 4.69) is 0 Å². The molecule has 0 atom stereocenters. The van der Waals surface area contributed by atoms with E-state index in [1.54, 1.807) is 0 Å². The summed E-state index contributed by atoms with van der Waals surface area (Å²) in [7, 11) is -7.17. The summed E-state index contributed by atoms with van der Waals surface area (Å²) in [6.45, 7) is 0. The molecule has 1 aromatic carbocycles. The zero-order valence-corrected chi connectivity index (χ0v) is 11.0. The summed E-state index contributed by atoms with van der Waals surface area (Å²) >= 11 is 0. The maximum absolute atomic E-state index is 12.8. The summed E-state index contributed by atoms with van der Waals surface area (Å²) in [5, 5.41) is 0.780. The largest absolute Gasteiger partial charge is 0.224 e. The van der Waals surface area contributed by atoms with Gasteiger partial charge in [0, 0.05) is 5.41 Å². The third kappa shape index (κ3) is 2.78. The van der Waals surface area contributed by atoms with Crippen molar-refractivity contribution in [2.24, 2.45) is 0 Å². The van der Waals surface area contributed by atoms with Crippen molar-refractivity contribution in [3.8, 4) is 0 Å². The molecule has 0 amide bonds. The lowest BCUT2D eigenvalue weighted by Gasteiger charge is -2.06. The van der Waals surface area contributed by atoms with Crippen LogP contribution in [0.2, 0.25) is 0 Å². The normalized spacial score (nSPS) is 21.9. The molecule has 1 aromatic rings. The van der Waals surface area contributed by atoms with E-state index in [9.17, 15) is 21.2 Å². The monoisotopic (exact) mass is 290 g/mol. The van der Waals surface area contributed by atoms with E-state index in [0.29, 0.717) is 0 Å². The van der Waals surface area contributed by atoms with Gasteiger partial charge in [0.25, 0.3) is 0 Å². The van der Waals surface area contributed by atoms with Crippen molar-refractivity contribution in [3.63, 3.8) is 0 Å². The first-order valence-corrected chi connectivity index (χ1v) is 8.60. The van der Waals surface area contributed by atoms with Crippen molar-refractivity contribution < 1.29 is 21.2 Å². The molecule has 7 heteroatoms. The first-order valence-electron chi connectivity index (χ1n) is 5.23. The maximum Gasteiger partial charge on any atom is 0.179 e. The second-order valence-corrected chi connectivity index (χ2v) is 8.08. The molecule has 1 aliphatic heterocycles. The number of halogens is 1. The average molecular weight is 290 g/mol. The predicted molar refractivity (Wildman–Crippen MR) is 66.6 cm³/mol. The third-order valence-electron chi connectivity index (χ3n) is 2.59. The van der Waals surface area contributed by atoms with Crippen LogP contribution >= 0.6 is 0 Å². The van der Waals surface area contributed by atoms with Gasteiger partial charge in [-0.25, -0.2) is 21.2 Å². The van der Waals surface area contributed by atoms with Crippen LogP contribution in [-0.2, 0) is 19.7 Å². The maximum atomic E-state index is 12.8. The summed E-state index contributed by atoms with van der Waals surface area (Å²) in [5.41, 5.74) is 0.196. The highest BCUT2D eigenvalue weighted by atomic mass is 32.2. The van der Waals surface area contributed by atoms with Gasteiger partial charge in [-0.3, -0.25) is 0 Å². The van der Waals surface area contributed by atoms with Crippen LogP contribution in [-0.4, -0.2) is 28.3 Å². The minimum Gasteiger partial charge on any atom is -0.224 e. The molecule has 2 rings (SSSR count). The Hall–Kier alpha value is -1.21. The molecule has 18 heavy (non-hydrogen) atoms. The van der Waals surface area contributed by atoms with E-state index >= 15 is 0 Å². The molecule has 1 aliphatic rings. The van der Waals surface area contributed by atoms with Gasteiger partial charge < -0.3 is 0 Å². The zero-order valence-electron chi connectivity index (χ0n) is 9.34. The molecule has 0 saturated heterocycles. The highest BCUT2D eigenvalue weighted by Gasteiger charge is 2.26. The van der Waals surface area contributed by atoms with E-state index in [-0.39, 0.29) is 28.4 Å². The van der Waals surface area contributed by atoms with Gasteiger partial charge in [-0.1, -0.05) is 12.1 Å². The molecule has 0 fully saturated rings. The standard InChI is InChI=1S/C11H11FO4S2/c12-10-4-2-9(3-5-10)11-8-17(13,14)6-1-7-18(11,15)16/h2-5,8H,1,6-7H2. The Morgan fingerprint density at radius 3 is 2.17 bits per heavy atom. The molecule has 0 saturated carbocycles. The Labute approximate surface area is 105 Å². The van der Waals surface area contributed by atoms with Crippen molar-refractivity contribution in [2.75, 3.05) is 11.5 Å². The van der Waals surface area contributed by atoms with Crippen molar-refractivity contribution in [1.29, 1.82) is 0 Å². The van der Waals surface area contributed by atoms with E-state index in [4.69, 9.17) is 0 Å². The lowest BCUT2D eigenvalue weighted by Crippen LogP contribution is -2.07. The quantitative estimate of drug-likeness (QED) is 0.783. The predicted octanol–water partition coefficient (Wildman–Crippen LogP) is 1.36. The third-order valence-corrected chi connectivity index (χ3v) is 6.04. The van der Waals surface area contributed by atoms with Gasteiger partial charge in [0.1, 0.15) is 5.82 Å². The van der Waals surface area contributed by atoms with Gasteiger partial charge in [-0.05, 0) is 24.1 Å². The molecule has 0 bridgehead atoms. The summed E-state index contributed by atoms with van der Waals surface area (Å²) in [4.78, 5) is -0.250. The van der Waals surface area contributed by atoms with Gasteiger partial charge in [0.05, 0.1) is 16.4 Å². The van der Waals surface area contributed by atoms with Crippen molar-refractivity contribution in [1.82, 2.24) is 0 Å². The van der Waals surface area contributed by atoms with E-state index in [1.165, 1.54) is 12.1 Å². The minimum atomic E-state index is -3.64. The zero-order chi connectivity index (χ0) is 13.4. The summed E-state index contributed by atoms with van der Waals surface area (Å²) in [6.07, 6.45) is 0.0753. The Morgan fingerprint density at radius 1 is 0.944 bits per heavy atom. The van der Waals surface area contributed by atoms with Crippen LogP contribution in [0.1, 0.15) is 12.0 Å². The molecule has 98 valence electrons. The molecule has 0 unspecified atom stereocenters. The van der Waals surface area contributed by atoms with Crippen LogP contribution in [0.15, 0.2) is 29.7 Å². The molecule has 0 radical (unpaired) electrons. The summed E-state index contributed by atoms with van der Waals surface area (Å²) < 4.78 is 59.9. The van der Waals surface area contributed by atoms with Crippen LogP contribution in [0.4, 0.5) is 4.39 Å². The van der Waals surface area contributed by atoms with Gasteiger partial charge in [0.15, 0.2) is 19.7 Å². The lowest BCUT2D eigenvalue weighted by atomic mass is 10.2. The van der Waals surface area contributed by atoms with Crippen LogP contribution < -0.4 is 0 Å². The molecule has 1 heterocycles. The van der Waals surface area contributed by atoms with Gasteiger partial charge in [-0.2, -0.15) is 0 Å². The number of rotatable bonds is 1. The lowest BCUT2D eigenvalue weighted by molar-refractivity contribution is 0.602. The molecule has 0 aliphatic carbocycles. The molecular formula is C11H11FO4S2. The fourth-order valence-corrected chi connectivity index (χ4v) is 5.29. The molecule has 4 nitrogen and oxygen atoms in total. The highest BCUT2D eigenvalue weighted by Crippen LogP contribution is 2.26. The van der Waals surface area contributed by atoms with Crippen LogP contribution in [0, 0.1) is 5.82 Å². The molecule has 0 N–H and O–H groups in total. The highest BCUT2D eigenvalue weighted by molar-refractivity contribution is 8.03. The van der Waals surface area contributed by atoms with E-state index in [1.807, 2.05) is 0 Å². The van der Waals surface area contributed by atoms with Crippen molar-refractivity contribution in [2.45, 2.75) is 6.42 Å².